The van der Waals surface area contributed by atoms with Crippen LogP contribution < -0.4 is 0 Å². The number of allylic oxidation sites excluding steroid dienone is 1. The second-order valence-electron chi connectivity index (χ2n) is 6.95. The van der Waals surface area contributed by atoms with E-state index >= 15 is 0 Å². The van der Waals surface area contributed by atoms with E-state index in [4.69, 9.17) is 4.98 Å². The van der Waals surface area contributed by atoms with Crippen LogP contribution in [-0.2, 0) is 10.8 Å². The maximum absolute atomic E-state index is 11.8. The Morgan fingerprint density at radius 3 is 2.65 bits per heavy atom. The number of hydrogen-bond donors (Lipinski definition) is 0. The SMILES string of the molecule is CCC(CC)CC(=Cc1nc(-c2cccnc2)sc1C)C(C)CS(C)=O. The van der Waals surface area contributed by atoms with Gasteiger partial charge in [0.15, 0.2) is 0 Å². The third-order valence-electron chi connectivity index (χ3n) is 4.86. The first-order valence-electron chi connectivity index (χ1n) is 9.32. The molecular weight excluding hydrogens is 360 g/mol. The molecule has 2 rings (SSSR count). The van der Waals surface area contributed by atoms with Gasteiger partial charge in [-0.05, 0) is 43.4 Å². The molecule has 0 fully saturated rings. The predicted octanol–water partition coefficient (Wildman–Crippen LogP) is 5.74. The Balaban J connectivity index is 2.35. The molecular formula is C21H30N2OS2. The van der Waals surface area contributed by atoms with Gasteiger partial charge in [0, 0.05) is 45.6 Å². The van der Waals surface area contributed by atoms with Crippen molar-refractivity contribution in [2.75, 3.05) is 12.0 Å². The molecule has 0 saturated carbocycles. The van der Waals surface area contributed by atoms with Crippen molar-refractivity contribution in [3.05, 3.63) is 40.7 Å². The van der Waals surface area contributed by atoms with E-state index in [1.807, 2.05) is 18.3 Å². The van der Waals surface area contributed by atoms with Gasteiger partial charge in [0.1, 0.15) is 5.01 Å². The Kier molecular flexibility index (Phi) is 8.16. The molecule has 142 valence electrons. The highest BCUT2D eigenvalue weighted by Gasteiger charge is 2.17. The van der Waals surface area contributed by atoms with E-state index in [-0.39, 0.29) is 0 Å². The van der Waals surface area contributed by atoms with Crippen molar-refractivity contribution in [3.63, 3.8) is 0 Å². The second-order valence-corrected chi connectivity index (χ2v) is 9.63. The molecule has 5 heteroatoms. The van der Waals surface area contributed by atoms with Crippen LogP contribution in [0.2, 0.25) is 0 Å². The van der Waals surface area contributed by atoms with Gasteiger partial charge < -0.3 is 0 Å². The van der Waals surface area contributed by atoms with E-state index in [2.05, 4.69) is 38.8 Å². The van der Waals surface area contributed by atoms with Gasteiger partial charge in [-0.1, -0.05) is 39.2 Å². The normalized spacial score (nSPS) is 14.6. The lowest BCUT2D eigenvalue weighted by Gasteiger charge is -2.20. The number of pyridine rings is 1. The summed E-state index contributed by atoms with van der Waals surface area (Å²) in [6, 6.07) is 3.99. The molecule has 0 aromatic carbocycles. The summed E-state index contributed by atoms with van der Waals surface area (Å²) in [7, 11) is -0.790. The Hall–Kier alpha value is -1.33. The number of aryl methyl sites for hydroxylation is 1. The third-order valence-corrected chi connectivity index (χ3v) is 6.86. The van der Waals surface area contributed by atoms with Crippen molar-refractivity contribution in [1.29, 1.82) is 0 Å². The molecule has 2 unspecified atom stereocenters. The van der Waals surface area contributed by atoms with E-state index in [1.54, 1.807) is 23.8 Å². The second kappa shape index (κ2) is 10.1. The predicted molar refractivity (Wildman–Crippen MR) is 115 cm³/mol. The van der Waals surface area contributed by atoms with Gasteiger partial charge >= 0.3 is 0 Å². The van der Waals surface area contributed by atoms with Gasteiger partial charge in [0.05, 0.1) is 5.69 Å². The van der Waals surface area contributed by atoms with Crippen molar-refractivity contribution >= 4 is 28.2 Å². The summed E-state index contributed by atoms with van der Waals surface area (Å²) in [5.41, 5.74) is 3.48. The molecule has 26 heavy (non-hydrogen) atoms. The van der Waals surface area contributed by atoms with Gasteiger partial charge in [-0.2, -0.15) is 0 Å². The minimum absolute atomic E-state index is 0.310. The summed E-state index contributed by atoms with van der Waals surface area (Å²) in [4.78, 5) is 10.3. The van der Waals surface area contributed by atoms with Crippen LogP contribution >= 0.6 is 11.3 Å². The van der Waals surface area contributed by atoms with Crippen LogP contribution in [0.3, 0.4) is 0 Å². The first kappa shape index (κ1) is 21.0. The standard InChI is InChI=1S/C21H30N2OS2/c1-6-17(7-2)11-19(15(3)14-26(5)24)12-20-16(4)25-21(23-20)18-9-8-10-22-13-18/h8-10,12-13,15,17H,6-7,11,14H2,1-5H3. The molecule has 0 N–H and O–H groups in total. The van der Waals surface area contributed by atoms with Gasteiger partial charge in [-0.15, -0.1) is 11.3 Å². The molecule has 0 saturated heterocycles. The minimum Gasteiger partial charge on any atom is -0.264 e. The lowest BCUT2D eigenvalue weighted by Crippen LogP contribution is -2.12. The van der Waals surface area contributed by atoms with Crippen LogP contribution in [0.4, 0.5) is 0 Å². The van der Waals surface area contributed by atoms with Crippen molar-refractivity contribution < 1.29 is 4.21 Å². The van der Waals surface area contributed by atoms with Crippen molar-refractivity contribution in [2.24, 2.45) is 11.8 Å². The number of thiazole rings is 1. The zero-order valence-electron chi connectivity index (χ0n) is 16.5. The Bertz CT molecular complexity index is 749. The molecule has 0 aliphatic rings. The highest BCUT2D eigenvalue weighted by molar-refractivity contribution is 7.84. The van der Waals surface area contributed by atoms with Crippen molar-refractivity contribution in [1.82, 2.24) is 9.97 Å². The minimum atomic E-state index is -0.790. The zero-order valence-corrected chi connectivity index (χ0v) is 18.1. The van der Waals surface area contributed by atoms with Crippen LogP contribution in [0.1, 0.15) is 50.6 Å². The average molecular weight is 391 g/mol. The van der Waals surface area contributed by atoms with Crippen LogP contribution in [0, 0.1) is 18.8 Å². The van der Waals surface area contributed by atoms with Crippen molar-refractivity contribution in [3.8, 4) is 10.6 Å². The van der Waals surface area contributed by atoms with E-state index in [1.165, 1.54) is 23.3 Å². The van der Waals surface area contributed by atoms with Gasteiger partial charge in [-0.3, -0.25) is 9.19 Å². The smallest absolute Gasteiger partial charge is 0.125 e. The molecule has 0 bridgehead atoms. The molecule has 2 heterocycles. The van der Waals surface area contributed by atoms with Crippen LogP contribution in [0.5, 0.6) is 0 Å². The molecule has 0 amide bonds. The van der Waals surface area contributed by atoms with Crippen LogP contribution in [0.15, 0.2) is 30.1 Å². The zero-order chi connectivity index (χ0) is 19.1. The third kappa shape index (κ3) is 5.85. The Morgan fingerprint density at radius 1 is 1.35 bits per heavy atom. The first-order valence-corrected chi connectivity index (χ1v) is 11.9. The topological polar surface area (TPSA) is 42.9 Å². The highest BCUT2D eigenvalue weighted by atomic mass is 32.2. The number of rotatable bonds is 9. The quantitative estimate of drug-likeness (QED) is 0.548. The molecule has 0 spiro atoms. The van der Waals surface area contributed by atoms with Crippen molar-refractivity contribution in [2.45, 2.75) is 47.0 Å². The molecule has 0 aliphatic carbocycles. The summed E-state index contributed by atoms with van der Waals surface area (Å²) in [6.07, 6.45) is 11.1. The fourth-order valence-corrected chi connectivity index (χ4v) is 4.90. The molecule has 0 radical (unpaired) electrons. The number of aromatic nitrogens is 2. The van der Waals surface area contributed by atoms with Gasteiger partial charge in [0.25, 0.3) is 0 Å². The fourth-order valence-electron chi connectivity index (χ4n) is 3.10. The van der Waals surface area contributed by atoms with E-state index in [0.29, 0.717) is 17.6 Å². The summed E-state index contributed by atoms with van der Waals surface area (Å²) >= 11 is 1.71. The molecule has 2 atom stereocenters. The Morgan fingerprint density at radius 2 is 2.08 bits per heavy atom. The van der Waals surface area contributed by atoms with Gasteiger partial charge in [0.2, 0.25) is 0 Å². The maximum Gasteiger partial charge on any atom is 0.125 e. The lowest BCUT2D eigenvalue weighted by atomic mass is 9.88. The van der Waals surface area contributed by atoms with Crippen LogP contribution in [-0.4, -0.2) is 26.2 Å². The van der Waals surface area contributed by atoms with E-state index in [9.17, 15) is 4.21 Å². The summed E-state index contributed by atoms with van der Waals surface area (Å²) in [5.74, 6) is 1.69. The molecule has 2 aromatic heterocycles. The van der Waals surface area contributed by atoms with E-state index in [0.717, 1.165) is 22.7 Å². The maximum atomic E-state index is 11.8. The largest absolute Gasteiger partial charge is 0.264 e. The fraction of sp³-hybridized carbons (Fsp3) is 0.524. The lowest BCUT2D eigenvalue weighted by molar-refractivity contribution is 0.471. The number of nitrogens with zero attached hydrogens (tertiary/aromatic N) is 2. The molecule has 0 aliphatic heterocycles. The van der Waals surface area contributed by atoms with E-state index < -0.39 is 10.8 Å². The molecule has 3 nitrogen and oxygen atoms in total. The summed E-state index contributed by atoms with van der Waals surface area (Å²) in [5, 5.41) is 1.01. The average Bonchev–Trinajstić information content (AvgIpc) is 2.99. The number of hydrogen-bond acceptors (Lipinski definition) is 4. The monoisotopic (exact) mass is 390 g/mol. The summed E-state index contributed by atoms with van der Waals surface area (Å²) < 4.78 is 11.8. The summed E-state index contributed by atoms with van der Waals surface area (Å²) in [6.45, 7) is 8.83. The van der Waals surface area contributed by atoms with Crippen LogP contribution in [0.25, 0.3) is 16.6 Å². The van der Waals surface area contributed by atoms with Gasteiger partial charge in [-0.25, -0.2) is 4.98 Å². The first-order chi connectivity index (χ1) is 12.4. The highest BCUT2D eigenvalue weighted by Crippen LogP contribution is 2.31. The Labute approximate surface area is 164 Å². The molecule has 2 aromatic rings.